The molecule has 0 heterocycles. The second kappa shape index (κ2) is 6.56. The summed E-state index contributed by atoms with van der Waals surface area (Å²) in [5.74, 6) is -1.24. The van der Waals surface area contributed by atoms with Gasteiger partial charge in [-0.25, -0.2) is 0 Å². The van der Waals surface area contributed by atoms with E-state index < -0.39 is 20.7 Å². The Bertz CT molecular complexity index is 166. The van der Waals surface area contributed by atoms with E-state index in [1.54, 1.807) is 7.85 Å². The maximum absolute atomic E-state index is 12.9. The van der Waals surface area contributed by atoms with Gasteiger partial charge in [0.1, 0.15) is 7.85 Å². The van der Waals surface area contributed by atoms with Gasteiger partial charge in [-0.15, -0.1) is 0 Å². The summed E-state index contributed by atoms with van der Waals surface area (Å²) in [7, 11) is 0.736. The van der Waals surface area contributed by atoms with Gasteiger partial charge in [0.25, 0.3) is 0 Å². The van der Waals surface area contributed by atoms with Gasteiger partial charge in [-0.3, -0.25) is 4.39 Å². The average molecular weight is 187 g/mol. The van der Waals surface area contributed by atoms with E-state index in [0.717, 1.165) is 0 Å². The van der Waals surface area contributed by atoms with E-state index in [1.807, 2.05) is 13.8 Å². The van der Waals surface area contributed by atoms with Crippen molar-refractivity contribution in [2.45, 2.75) is 37.8 Å². The summed E-state index contributed by atoms with van der Waals surface area (Å²) in [6.07, 6.45) is 0.600. The van der Waals surface area contributed by atoms with Crippen LogP contribution in [0.1, 0.15) is 20.3 Å². The predicted molar refractivity (Wildman–Crippen MR) is 64.3 cm³/mol. The van der Waals surface area contributed by atoms with Gasteiger partial charge in [-0.05, 0) is 1.34 Å². The molecule has 0 aromatic carbocycles. The largest absolute Gasteiger partial charge is 0.342 e. The Hall–Kier alpha value is 0.120. The Kier molecular flexibility index (Phi) is 4.87. The van der Waals surface area contributed by atoms with E-state index in [-0.39, 0.29) is 17.5 Å². The van der Waals surface area contributed by atoms with Crippen molar-refractivity contribution in [1.82, 2.24) is 0 Å². The van der Waals surface area contributed by atoms with E-state index in [9.17, 15) is 8.71 Å². The molecule has 4 unspecified atom stereocenters. The lowest BCUT2D eigenvalue weighted by molar-refractivity contribution is 0.513. The van der Waals surface area contributed by atoms with Crippen molar-refractivity contribution in [1.29, 1.82) is 2.67 Å². The van der Waals surface area contributed by atoms with E-state index in [1.165, 1.54) is 7.85 Å². The Morgan fingerprint density at radius 3 is 2.38 bits per heavy atom. The molecule has 0 radical (unpaired) electrons. The third-order valence-corrected chi connectivity index (χ3v) is 2.43. The van der Waals surface area contributed by atoms with Crippen molar-refractivity contribution in [3.63, 3.8) is 0 Å². The maximum Gasteiger partial charge on any atom is 0.326 e. The van der Waals surface area contributed by atoms with Crippen LogP contribution >= 0.6 is 0 Å². The smallest absolute Gasteiger partial charge is 0.326 e. The van der Waals surface area contributed by atoms with Crippen LogP contribution in [0.4, 0.5) is 8.71 Å². The number of rotatable bonds is 6. The minimum Gasteiger partial charge on any atom is -0.342 e. The monoisotopic (exact) mass is 188 g/mol. The van der Waals surface area contributed by atoms with Crippen LogP contribution in [0.3, 0.4) is 0 Å². The van der Waals surface area contributed by atoms with Gasteiger partial charge in [-0.1, -0.05) is 37.7 Å². The summed E-state index contributed by atoms with van der Waals surface area (Å²) < 4.78 is 40.1. The van der Waals surface area contributed by atoms with Gasteiger partial charge >= 0.3 is 7.52 Å². The molecule has 0 aliphatic rings. The molecule has 0 saturated carbocycles. The molecule has 0 fully saturated rings. The van der Waals surface area contributed by atoms with Gasteiger partial charge in [0, 0.05) is 7.31 Å². The molecule has 0 rings (SSSR count). The predicted octanol–water partition coefficient (Wildman–Crippen LogP) is -0.156. The van der Waals surface area contributed by atoms with Crippen molar-refractivity contribution in [2.75, 3.05) is 0 Å². The molecule has 0 aliphatic heterocycles. The van der Waals surface area contributed by atoms with E-state index in [0.29, 0.717) is 6.42 Å². The molecule has 0 amide bonds. The highest BCUT2D eigenvalue weighted by molar-refractivity contribution is 6.51. The molecule has 13 heavy (non-hydrogen) atoms. The van der Waals surface area contributed by atoms with E-state index in [2.05, 4.69) is 0 Å². The number of halogens is 2. The number of hydrogen-bond acceptors (Lipinski definition) is 0. The molecule has 0 saturated heterocycles. The molecular weight excluding hydrogens is 165 g/mol. The molecule has 0 aromatic rings. The molecule has 0 nitrogen and oxygen atoms in total. The minimum atomic E-state index is -1.58. The van der Waals surface area contributed by atoms with Crippen LogP contribution in [0.2, 0.25) is 11.5 Å². The quantitative estimate of drug-likeness (QED) is 0.507. The fourth-order valence-electron chi connectivity index (χ4n) is 1.46. The Labute approximate surface area is 86.3 Å². The number of alkyl halides is 1. The van der Waals surface area contributed by atoms with Crippen LogP contribution in [0.5, 0.6) is 0 Å². The summed E-state index contributed by atoms with van der Waals surface area (Å²) in [6, 6.07) is 0. The standard InChI is InChI=1S/C7H18B4F2/c1-4(6(8)11-13)3-5(2)10-7(9)12/h4-7,10-11H,3,8-9H2,1-2H3/i10T,11T. The second-order valence-electron chi connectivity index (χ2n) is 4.05. The van der Waals surface area contributed by atoms with E-state index >= 15 is 0 Å². The number of hydrogen-bond donors (Lipinski definition) is 0. The Morgan fingerprint density at radius 1 is 1.46 bits per heavy atom. The molecule has 72 valence electrons. The highest BCUT2D eigenvalue weighted by atomic mass is 19.1. The fourth-order valence-corrected chi connectivity index (χ4v) is 1.46. The van der Waals surface area contributed by atoms with Crippen molar-refractivity contribution in [2.24, 2.45) is 5.92 Å². The Morgan fingerprint density at radius 2 is 2.00 bits per heavy atom. The average Bonchev–Trinajstić information content (AvgIpc) is 2.14. The third-order valence-electron chi connectivity index (χ3n) is 2.43. The van der Waals surface area contributed by atoms with Crippen LogP contribution in [0.25, 0.3) is 0 Å². The lowest BCUT2D eigenvalue weighted by Crippen LogP contribution is -2.19. The first-order chi connectivity index (χ1) is 6.77. The van der Waals surface area contributed by atoms with E-state index in [4.69, 9.17) is 2.67 Å². The topological polar surface area (TPSA) is 0 Å². The maximum atomic E-state index is 12.9. The first-order valence-electron chi connectivity index (χ1n) is 6.05. The van der Waals surface area contributed by atoms with Crippen molar-refractivity contribution in [3.05, 3.63) is 0 Å². The highest BCUT2D eigenvalue weighted by Gasteiger charge is 2.18. The van der Waals surface area contributed by atoms with Crippen LogP contribution < -0.4 is 0 Å². The van der Waals surface area contributed by atoms with Crippen molar-refractivity contribution in [3.8, 4) is 0 Å². The molecule has 0 bridgehead atoms. The lowest BCUT2D eigenvalue weighted by Gasteiger charge is -2.20. The highest BCUT2D eigenvalue weighted by Crippen LogP contribution is 2.24. The summed E-state index contributed by atoms with van der Waals surface area (Å²) in [5.41, 5.74) is -0.352. The fraction of sp³-hybridized carbons (Fsp3) is 1.00. The van der Waals surface area contributed by atoms with Crippen LogP contribution in [-0.2, 0) is 0 Å². The van der Waals surface area contributed by atoms with Gasteiger partial charge in [0.2, 0.25) is 0 Å². The third kappa shape index (κ3) is 6.23. The molecule has 4 atom stereocenters. The Balaban J connectivity index is 4.11. The SMILES string of the molecule is [3H]B(C(B)F)C(C)CC(C)C(B)B([3H])F. The molecule has 0 aliphatic carbocycles. The van der Waals surface area contributed by atoms with Crippen LogP contribution in [0.15, 0.2) is 0 Å². The normalized spacial score (nSPS) is 22.2. The summed E-state index contributed by atoms with van der Waals surface area (Å²) in [4.78, 5) is 0. The minimum absolute atomic E-state index is 0.0131. The lowest BCUT2D eigenvalue weighted by atomic mass is 9.51. The van der Waals surface area contributed by atoms with Crippen LogP contribution in [0, 0.1) is 5.92 Å². The van der Waals surface area contributed by atoms with Gasteiger partial charge in [0.15, 0.2) is 7.24 Å². The molecule has 0 spiro atoms. The molecule has 0 aromatic heterocycles. The summed E-state index contributed by atoms with van der Waals surface area (Å²) >= 11 is 0. The van der Waals surface area contributed by atoms with Crippen LogP contribution in [-0.4, -0.2) is 39.1 Å². The zero-order chi connectivity index (χ0) is 12.2. The first-order valence-corrected chi connectivity index (χ1v) is 4.90. The first kappa shape index (κ1) is 9.67. The van der Waals surface area contributed by atoms with Gasteiger partial charge < -0.3 is 4.32 Å². The summed E-state index contributed by atoms with van der Waals surface area (Å²) in [5, 5.41) is 0. The molecule has 6 heteroatoms. The van der Waals surface area contributed by atoms with Gasteiger partial charge in [-0.2, -0.15) is 0 Å². The van der Waals surface area contributed by atoms with Gasteiger partial charge in [0.05, 0.1) is 7.85 Å². The second-order valence-corrected chi connectivity index (χ2v) is 4.05. The zero-order valence-corrected chi connectivity index (χ0v) is 8.93. The molecular formula is C7H18B4F2. The zero-order valence-electron chi connectivity index (χ0n) is 10.9. The van der Waals surface area contributed by atoms with Crippen molar-refractivity contribution >= 4 is 30.5 Å². The van der Waals surface area contributed by atoms with Crippen molar-refractivity contribution < 1.29 is 8.71 Å². The molecule has 0 N–H and O–H groups in total. The summed E-state index contributed by atoms with van der Waals surface area (Å²) in [6.45, 7) is 3.67.